The van der Waals surface area contributed by atoms with Crippen LogP contribution in [0.15, 0.2) is 18.3 Å². The molecule has 0 atom stereocenters. The van der Waals surface area contributed by atoms with Crippen molar-refractivity contribution in [3.05, 3.63) is 24.0 Å². The highest BCUT2D eigenvalue weighted by Crippen LogP contribution is 2.14. The van der Waals surface area contributed by atoms with Crippen LogP contribution in [-0.2, 0) is 0 Å². The first-order valence-electron chi connectivity index (χ1n) is 4.03. The number of hydrogen-bond donors (Lipinski definition) is 1. The lowest BCUT2D eigenvalue weighted by Crippen LogP contribution is -2.16. The fraction of sp³-hybridized carbons (Fsp3) is 0.333. The van der Waals surface area contributed by atoms with E-state index in [2.05, 4.69) is 9.72 Å². The molecule has 13 heavy (non-hydrogen) atoms. The number of rotatable bonds is 2. The molecule has 1 amide bonds. The molecule has 0 fully saturated rings. The van der Waals surface area contributed by atoms with Crippen LogP contribution in [0.3, 0.4) is 0 Å². The number of aromatic nitrogens is 1. The molecule has 4 heteroatoms. The summed E-state index contributed by atoms with van der Waals surface area (Å²) >= 11 is 0. The lowest BCUT2D eigenvalue weighted by Gasteiger charge is -2.04. The van der Waals surface area contributed by atoms with Crippen molar-refractivity contribution < 1.29 is 9.53 Å². The molecule has 0 unspecified atom stereocenters. The molecule has 0 aliphatic carbocycles. The fourth-order valence-electron chi connectivity index (χ4n) is 0.910. The van der Waals surface area contributed by atoms with Crippen molar-refractivity contribution >= 4 is 6.09 Å². The minimum atomic E-state index is -0.820. The third-order valence-electron chi connectivity index (χ3n) is 1.57. The lowest BCUT2D eigenvalue weighted by molar-refractivity contribution is 0.210. The molecule has 0 aliphatic rings. The van der Waals surface area contributed by atoms with E-state index in [0.29, 0.717) is 11.7 Å². The summed E-state index contributed by atoms with van der Waals surface area (Å²) in [6, 6.07) is 3.48. The Balaban J connectivity index is 2.75. The zero-order valence-electron chi connectivity index (χ0n) is 7.65. The SMILES string of the molecule is CC(C)c1ccc(OC(N)=O)cn1. The second kappa shape index (κ2) is 3.89. The highest BCUT2D eigenvalue weighted by Gasteiger charge is 2.02. The minimum Gasteiger partial charge on any atom is -0.409 e. The predicted octanol–water partition coefficient (Wildman–Crippen LogP) is 1.66. The van der Waals surface area contributed by atoms with Crippen LogP contribution in [0, 0.1) is 0 Å². The van der Waals surface area contributed by atoms with Gasteiger partial charge < -0.3 is 10.5 Å². The average molecular weight is 180 g/mol. The number of hydrogen-bond acceptors (Lipinski definition) is 3. The average Bonchev–Trinajstić information content (AvgIpc) is 2.04. The Morgan fingerprint density at radius 2 is 2.23 bits per heavy atom. The van der Waals surface area contributed by atoms with Crippen molar-refractivity contribution in [3.8, 4) is 5.75 Å². The molecule has 0 saturated heterocycles. The van der Waals surface area contributed by atoms with Gasteiger partial charge in [-0.1, -0.05) is 13.8 Å². The van der Waals surface area contributed by atoms with Gasteiger partial charge >= 0.3 is 6.09 Å². The van der Waals surface area contributed by atoms with Crippen molar-refractivity contribution in [2.75, 3.05) is 0 Å². The van der Waals surface area contributed by atoms with Crippen LogP contribution < -0.4 is 10.5 Å². The van der Waals surface area contributed by atoms with Gasteiger partial charge in [-0.15, -0.1) is 0 Å². The van der Waals surface area contributed by atoms with Crippen LogP contribution in [0.1, 0.15) is 25.5 Å². The smallest absolute Gasteiger partial charge is 0.409 e. The van der Waals surface area contributed by atoms with Crippen LogP contribution in [0.25, 0.3) is 0 Å². The summed E-state index contributed by atoms with van der Waals surface area (Å²) in [4.78, 5) is 14.5. The van der Waals surface area contributed by atoms with Crippen LogP contribution in [0.2, 0.25) is 0 Å². The Bertz CT molecular complexity index is 293. The lowest BCUT2D eigenvalue weighted by atomic mass is 10.1. The molecule has 1 aromatic heterocycles. The van der Waals surface area contributed by atoms with E-state index in [0.717, 1.165) is 5.69 Å². The summed E-state index contributed by atoms with van der Waals surface area (Å²) in [5.41, 5.74) is 5.79. The van der Waals surface area contributed by atoms with Crippen LogP contribution in [-0.4, -0.2) is 11.1 Å². The third kappa shape index (κ3) is 2.74. The molecule has 1 rings (SSSR count). The van der Waals surface area contributed by atoms with E-state index in [1.54, 1.807) is 6.07 Å². The van der Waals surface area contributed by atoms with E-state index in [1.165, 1.54) is 6.20 Å². The summed E-state index contributed by atoms with van der Waals surface area (Å²) in [5, 5.41) is 0. The number of nitrogens with two attached hydrogens (primary N) is 1. The molecule has 0 spiro atoms. The number of pyridine rings is 1. The number of amides is 1. The van der Waals surface area contributed by atoms with Crippen LogP contribution in [0.5, 0.6) is 5.75 Å². The summed E-state index contributed by atoms with van der Waals surface area (Å²) in [6.45, 7) is 4.08. The molecular weight excluding hydrogens is 168 g/mol. The maximum atomic E-state index is 10.4. The van der Waals surface area contributed by atoms with Crippen molar-refractivity contribution in [2.45, 2.75) is 19.8 Å². The van der Waals surface area contributed by atoms with Gasteiger partial charge in [0.1, 0.15) is 0 Å². The minimum absolute atomic E-state index is 0.364. The van der Waals surface area contributed by atoms with Gasteiger partial charge in [-0.25, -0.2) is 4.79 Å². The number of carbonyl (C=O) groups excluding carboxylic acids is 1. The van der Waals surface area contributed by atoms with Crippen molar-refractivity contribution in [1.82, 2.24) is 4.98 Å². The number of nitrogens with zero attached hydrogens (tertiary/aromatic N) is 1. The van der Waals surface area contributed by atoms with E-state index in [1.807, 2.05) is 19.9 Å². The molecule has 2 N–H and O–H groups in total. The number of primary amides is 1. The van der Waals surface area contributed by atoms with Crippen molar-refractivity contribution in [2.24, 2.45) is 5.73 Å². The van der Waals surface area contributed by atoms with Gasteiger partial charge in [-0.2, -0.15) is 0 Å². The van der Waals surface area contributed by atoms with Crippen molar-refractivity contribution in [1.29, 1.82) is 0 Å². The third-order valence-corrected chi connectivity index (χ3v) is 1.57. The first kappa shape index (κ1) is 9.51. The molecule has 0 aliphatic heterocycles. The molecule has 1 heterocycles. The standard InChI is InChI=1S/C9H12N2O2/c1-6(2)8-4-3-7(5-11-8)13-9(10)12/h3-6H,1-2H3,(H2,10,12). The maximum absolute atomic E-state index is 10.4. The highest BCUT2D eigenvalue weighted by atomic mass is 16.5. The molecule has 1 aromatic rings. The van der Waals surface area contributed by atoms with Gasteiger partial charge in [0.2, 0.25) is 0 Å². The van der Waals surface area contributed by atoms with Crippen LogP contribution >= 0.6 is 0 Å². The Hall–Kier alpha value is -1.58. The van der Waals surface area contributed by atoms with E-state index in [4.69, 9.17) is 5.73 Å². The Kier molecular flexibility index (Phi) is 2.84. The molecule has 0 aromatic carbocycles. The monoisotopic (exact) mass is 180 g/mol. The van der Waals surface area contributed by atoms with Gasteiger partial charge in [0.15, 0.2) is 5.75 Å². The maximum Gasteiger partial charge on any atom is 0.410 e. The van der Waals surface area contributed by atoms with Gasteiger partial charge in [0.25, 0.3) is 0 Å². The van der Waals surface area contributed by atoms with Crippen LogP contribution in [0.4, 0.5) is 4.79 Å². The van der Waals surface area contributed by atoms with E-state index in [-0.39, 0.29) is 0 Å². The zero-order chi connectivity index (χ0) is 9.84. The largest absolute Gasteiger partial charge is 0.410 e. The first-order valence-corrected chi connectivity index (χ1v) is 4.03. The summed E-state index contributed by atoms with van der Waals surface area (Å²) in [7, 11) is 0. The van der Waals surface area contributed by atoms with Gasteiger partial charge in [0, 0.05) is 5.69 Å². The molecular formula is C9H12N2O2. The molecule has 4 nitrogen and oxygen atoms in total. The first-order chi connectivity index (χ1) is 6.09. The van der Waals surface area contributed by atoms with Gasteiger partial charge in [-0.3, -0.25) is 4.98 Å². The van der Waals surface area contributed by atoms with Gasteiger partial charge in [0.05, 0.1) is 6.20 Å². The molecule has 0 bridgehead atoms. The summed E-state index contributed by atoms with van der Waals surface area (Å²) < 4.78 is 4.63. The summed E-state index contributed by atoms with van der Waals surface area (Å²) in [5.74, 6) is 0.736. The Morgan fingerprint density at radius 3 is 2.62 bits per heavy atom. The van der Waals surface area contributed by atoms with E-state index >= 15 is 0 Å². The van der Waals surface area contributed by atoms with Crippen molar-refractivity contribution in [3.63, 3.8) is 0 Å². The predicted molar refractivity (Wildman–Crippen MR) is 48.5 cm³/mol. The van der Waals surface area contributed by atoms with Gasteiger partial charge in [-0.05, 0) is 18.1 Å². The molecule has 70 valence electrons. The molecule has 0 radical (unpaired) electrons. The highest BCUT2D eigenvalue weighted by molar-refractivity contribution is 5.67. The second-order valence-corrected chi connectivity index (χ2v) is 2.99. The fourth-order valence-corrected chi connectivity index (χ4v) is 0.910. The normalized spacial score (nSPS) is 10.1. The molecule has 0 saturated carbocycles. The topological polar surface area (TPSA) is 65.2 Å². The Labute approximate surface area is 76.7 Å². The van der Waals surface area contributed by atoms with E-state index in [9.17, 15) is 4.79 Å². The van der Waals surface area contributed by atoms with E-state index < -0.39 is 6.09 Å². The number of ether oxygens (including phenoxy) is 1. The second-order valence-electron chi connectivity index (χ2n) is 2.99. The quantitative estimate of drug-likeness (QED) is 0.752. The number of carbonyl (C=O) groups is 1. The Morgan fingerprint density at radius 1 is 1.54 bits per heavy atom. The summed E-state index contributed by atoms with van der Waals surface area (Å²) in [6.07, 6.45) is 0.666. The zero-order valence-corrected chi connectivity index (χ0v) is 7.65.